The number of aryl methyl sites for hydroxylation is 1. The van der Waals surface area contributed by atoms with E-state index in [1.807, 2.05) is 6.92 Å². The van der Waals surface area contributed by atoms with Gasteiger partial charge < -0.3 is 9.47 Å². The zero-order valence-electron chi connectivity index (χ0n) is 18.4. The summed E-state index contributed by atoms with van der Waals surface area (Å²) in [5.74, 6) is 7.61. The molecule has 0 amide bonds. The quantitative estimate of drug-likeness (QED) is 0.285. The van der Waals surface area contributed by atoms with Crippen LogP contribution in [-0.4, -0.2) is 19.2 Å². The molecule has 0 radical (unpaired) electrons. The van der Waals surface area contributed by atoms with Gasteiger partial charge in [0.25, 0.3) is 0 Å². The van der Waals surface area contributed by atoms with Gasteiger partial charge in [-0.1, -0.05) is 25.7 Å². The number of unbranched alkanes of at least 4 members (excludes halogenated alkanes) is 1. The molecule has 0 saturated carbocycles. The van der Waals surface area contributed by atoms with Crippen LogP contribution in [0.5, 0.6) is 5.75 Å². The summed E-state index contributed by atoms with van der Waals surface area (Å²) in [7, 11) is 0. The summed E-state index contributed by atoms with van der Waals surface area (Å²) in [6.07, 6.45) is 6.68. The van der Waals surface area contributed by atoms with Gasteiger partial charge in [0.1, 0.15) is 5.75 Å². The van der Waals surface area contributed by atoms with Gasteiger partial charge in [0.2, 0.25) is 0 Å². The number of fused-ring (bicyclic) bond motifs is 1. The molecular formula is C26H32O3S. The highest BCUT2D eigenvalue weighted by molar-refractivity contribution is 7.12. The SMILES string of the molecule is CCOC(=O)CCCCc1ccc(C#Cc2ccc3c(c2)C(CC)(CC)CCO3)s1. The zero-order valence-corrected chi connectivity index (χ0v) is 19.2. The maximum atomic E-state index is 11.4. The van der Waals surface area contributed by atoms with E-state index in [0.29, 0.717) is 13.0 Å². The molecule has 4 heteroatoms. The minimum atomic E-state index is -0.0964. The molecule has 0 aliphatic carbocycles. The Morgan fingerprint density at radius 1 is 1.13 bits per heavy atom. The molecule has 2 aromatic rings. The van der Waals surface area contributed by atoms with Gasteiger partial charge in [-0.05, 0) is 75.8 Å². The van der Waals surface area contributed by atoms with Crippen molar-refractivity contribution in [1.29, 1.82) is 0 Å². The lowest BCUT2D eigenvalue weighted by molar-refractivity contribution is -0.143. The maximum absolute atomic E-state index is 11.4. The Morgan fingerprint density at radius 3 is 2.73 bits per heavy atom. The summed E-state index contributed by atoms with van der Waals surface area (Å²) in [6, 6.07) is 10.6. The van der Waals surface area contributed by atoms with Crippen molar-refractivity contribution in [2.45, 2.75) is 71.1 Å². The number of carbonyl (C=O) groups is 1. The lowest BCUT2D eigenvalue weighted by Crippen LogP contribution is -2.31. The molecule has 1 aromatic heterocycles. The second-order valence-corrected chi connectivity index (χ2v) is 8.99. The molecule has 0 N–H and O–H groups in total. The molecule has 2 heterocycles. The maximum Gasteiger partial charge on any atom is 0.305 e. The van der Waals surface area contributed by atoms with Gasteiger partial charge in [-0.15, -0.1) is 11.3 Å². The molecule has 0 fully saturated rings. The van der Waals surface area contributed by atoms with Crippen molar-refractivity contribution in [1.82, 2.24) is 0 Å². The van der Waals surface area contributed by atoms with Gasteiger partial charge in [-0.2, -0.15) is 0 Å². The molecule has 1 aromatic carbocycles. The first kappa shape index (κ1) is 22.4. The first-order valence-electron chi connectivity index (χ1n) is 11.1. The van der Waals surface area contributed by atoms with E-state index < -0.39 is 0 Å². The first-order chi connectivity index (χ1) is 14.6. The second-order valence-electron chi connectivity index (χ2n) is 7.82. The van der Waals surface area contributed by atoms with Crippen LogP contribution in [0, 0.1) is 11.8 Å². The Labute approximate surface area is 184 Å². The fourth-order valence-electron chi connectivity index (χ4n) is 4.14. The van der Waals surface area contributed by atoms with Crippen LogP contribution in [0.1, 0.15) is 80.2 Å². The van der Waals surface area contributed by atoms with Crippen LogP contribution in [0.2, 0.25) is 0 Å². The normalized spacial score (nSPS) is 14.2. The van der Waals surface area contributed by atoms with E-state index in [9.17, 15) is 4.79 Å². The van der Waals surface area contributed by atoms with E-state index in [0.717, 1.165) is 61.3 Å². The van der Waals surface area contributed by atoms with Crippen LogP contribution in [0.3, 0.4) is 0 Å². The van der Waals surface area contributed by atoms with E-state index in [2.05, 4.69) is 56.0 Å². The predicted molar refractivity (Wildman–Crippen MR) is 123 cm³/mol. The van der Waals surface area contributed by atoms with Crippen LogP contribution < -0.4 is 4.74 Å². The second kappa shape index (κ2) is 10.7. The van der Waals surface area contributed by atoms with Gasteiger partial charge in [0.15, 0.2) is 0 Å². The molecule has 0 saturated heterocycles. The summed E-state index contributed by atoms with van der Waals surface area (Å²) in [6.45, 7) is 7.65. The summed E-state index contributed by atoms with van der Waals surface area (Å²) in [5, 5.41) is 0. The molecule has 3 nitrogen and oxygen atoms in total. The number of rotatable bonds is 8. The first-order valence-corrected chi connectivity index (χ1v) is 12.0. The number of hydrogen-bond acceptors (Lipinski definition) is 4. The Balaban J connectivity index is 1.62. The Hall–Kier alpha value is -2.25. The zero-order chi connectivity index (χ0) is 21.4. The highest BCUT2D eigenvalue weighted by atomic mass is 32.1. The van der Waals surface area contributed by atoms with Crippen molar-refractivity contribution in [3.8, 4) is 17.6 Å². The van der Waals surface area contributed by atoms with Crippen LogP contribution in [0.15, 0.2) is 30.3 Å². The summed E-state index contributed by atoms with van der Waals surface area (Å²) in [5.41, 5.74) is 2.58. The largest absolute Gasteiger partial charge is 0.493 e. The van der Waals surface area contributed by atoms with Crippen molar-refractivity contribution < 1.29 is 14.3 Å². The molecule has 0 atom stereocenters. The van der Waals surface area contributed by atoms with Crippen molar-refractivity contribution in [3.63, 3.8) is 0 Å². The third-order valence-corrected chi connectivity index (χ3v) is 7.15. The third-order valence-electron chi connectivity index (χ3n) is 6.09. The fraction of sp³-hybridized carbons (Fsp3) is 0.500. The number of benzene rings is 1. The lowest BCUT2D eigenvalue weighted by Gasteiger charge is -2.37. The molecule has 0 unspecified atom stereocenters. The minimum Gasteiger partial charge on any atom is -0.493 e. The fourth-order valence-corrected chi connectivity index (χ4v) is 5.04. The van der Waals surface area contributed by atoms with Gasteiger partial charge in [0.05, 0.1) is 18.1 Å². The van der Waals surface area contributed by atoms with E-state index in [-0.39, 0.29) is 11.4 Å². The van der Waals surface area contributed by atoms with Crippen molar-refractivity contribution in [2.75, 3.05) is 13.2 Å². The number of carbonyl (C=O) groups excluding carboxylic acids is 1. The third kappa shape index (κ3) is 5.46. The summed E-state index contributed by atoms with van der Waals surface area (Å²) >= 11 is 1.74. The van der Waals surface area contributed by atoms with Crippen LogP contribution >= 0.6 is 11.3 Å². The Kier molecular flexibility index (Phi) is 7.99. The lowest BCUT2D eigenvalue weighted by atomic mass is 9.71. The molecule has 0 spiro atoms. The van der Waals surface area contributed by atoms with Crippen molar-refractivity contribution in [3.05, 3.63) is 51.2 Å². The minimum absolute atomic E-state index is 0.0964. The van der Waals surface area contributed by atoms with Gasteiger partial charge >= 0.3 is 5.97 Å². The highest BCUT2D eigenvalue weighted by Crippen LogP contribution is 2.43. The average molecular weight is 425 g/mol. The molecule has 160 valence electrons. The molecule has 1 aliphatic rings. The summed E-state index contributed by atoms with van der Waals surface area (Å²) < 4.78 is 10.9. The van der Waals surface area contributed by atoms with Gasteiger partial charge in [-0.3, -0.25) is 4.79 Å². The standard InChI is InChI=1S/C26H32O3S/c1-4-26(5-2)17-18-29-24-16-12-20(19-23(24)26)11-13-22-15-14-21(30-22)9-7-8-10-25(27)28-6-3/h12,14-16,19H,4-10,17-18H2,1-3H3. The van der Waals surface area contributed by atoms with Crippen LogP contribution in [0.25, 0.3) is 0 Å². The van der Waals surface area contributed by atoms with Crippen molar-refractivity contribution >= 4 is 17.3 Å². The molecule has 0 bridgehead atoms. The summed E-state index contributed by atoms with van der Waals surface area (Å²) in [4.78, 5) is 13.8. The Bertz CT molecular complexity index is 912. The van der Waals surface area contributed by atoms with Gasteiger partial charge in [0, 0.05) is 27.8 Å². The van der Waals surface area contributed by atoms with E-state index in [4.69, 9.17) is 9.47 Å². The highest BCUT2D eigenvalue weighted by Gasteiger charge is 2.34. The topological polar surface area (TPSA) is 35.5 Å². The van der Waals surface area contributed by atoms with Crippen LogP contribution in [0.4, 0.5) is 0 Å². The number of esters is 1. The molecule has 1 aliphatic heterocycles. The monoisotopic (exact) mass is 424 g/mol. The smallest absolute Gasteiger partial charge is 0.305 e. The van der Waals surface area contributed by atoms with Crippen LogP contribution in [-0.2, 0) is 21.4 Å². The number of hydrogen-bond donors (Lipinski definition) is 0. The Morgan fingerprint density at radius 2 is 1.97 bits per heavy atom. The molecule has 3 rings (SSSR count). The van der Waals surface area contributed by atoms with E-state index >= 15 is 0 Å². The number of thiophene rings is 1. The number of ether oxygens (including phenoxy) is 2. The molecular weight excluding hydrogens is 392 g/mol. The molecule has 30 heavy (non-hydrogen) atoms. The van der Waals surface area contributed by atoms with Gasteiger partial charge in [-0.25, -0.2) is 0 Å². The van der Waals surface area contributed by atoms with E-state index in [1.165, 1.54) is 10.4 Å². The van der Waals surface area contributed by atoms with Crippen molar-refractivity contribution in [2.24, 2.45) is 0 Å². The average Bonchev–Trinajstić information content (AvgIpc) is 3.23. The predicted octanol–water partition coefficient (Wildman–Crippen LogP) is 6.26. The van der Waals surface area contributed by atoms with E-state index in [1.54, 1.807) is 11.3 Å².